The smallest absolute Gasteiger partial charge is 0.307 e. The van der Waals surface area contributed by atoms with E-state index in [1.165, 1.54) is 42.5 Å². The Balaban J connectivity index is 1.82. The molecule has 2 rings (SSSR count). The van der Waals surface area contributed by atoms with Gasteiger partial charge in [0.15, 0.2) is 11.9 Å². The lowest BCUT2D eigenvalue weighted by atomic mass is 10.1. The summed E-state index contributed by atoms with van der Waals surface area (Å²) < 4.78 is 5.09. The van der Waals surface area contributed by atoms with Gasteiger partial charge in [0.1, 0.15) is 0 Å². The number of amides is 2. The fourth-order valence-corrected chi connectivity index (χ4v) is 3.47. The molecule has 0 aliphatic heterocycles. The highest BCUT2D eigenvalue weighted by Gasteiger charge is 2.20. The van der Waals surface area contributed by atoms with Crippen LogP contribution in [0.2, 0.25) is 0 Å². The van der Waals surface area contributed by atoms with Crippen LogP contribution in [0.15, 0.2) is 30.3 Å². The molecule has 1 atom stereocenters. The van der Waals surface area contributed by atoms with Crippen LogP contribution in [0.25, 0.3) is 0 Å². The van der Waals surface area contributed by atoms with Crippen LogP contribution in [0.4, 0.5) is 5.69 Å². The zero-order valence-corrected chi connectivity index (χ0v) is 16.7. The number of carbonyl (C=O) groups excluding carboxylic acids is 4. The number of Topliss-reactive ketones (excluding diaryl/α,β-unsaturated/α-hetero) is 1. The molecular weight excluding hydrogens is 380 g/mol. The summed E-state index contributed by atoms with van der Waals surface area (Å²) in [6, 6.07) is 7.82. The van der Waals surface area contributed by atoms with Crippen molar-refractivity contribution in [1.29, 1.82) is 0 Å². The number of primary amides is 1. The monoisotopic (exact) mass is 402 g/mol. The first-order chi connectivity index (χ1) is 13.2. The predicted molar refractivity (Wildman–Crippen MR) is 107 cm³/mol. The van der Waals surface area contributed by atoms with E-state index in [9.17, 15) is 19.2 Å². The second-order valence-corrected chi connectivity index (χ2v) is 7.77. The quantitative estimate of drug-likeness (QED) is 0.520. The first-order valence-electron chi connectivity index (χ1n) is 8.68. The molecular formula is C20H22N2O5S. The molecule has 8 heteroatoms. The van der Waals surface area contributed by atoms with E-state index in [1.54, 1.807) is 0 Å². The fourth-order valence-electron chi connectivity index (χ4n) is 2.53. The summed E-state index contributed by atoms with van der Waals surface area (Å²) in [6.45, 7) is 5.23. The third kappa shape index (κ3) is 5.75. The van der Waals surface area contributed by atoms with E-state index in [0.717, 1.165) is 9.75 Å². The maximum absolute atomic E-state index is 12.2. The zero-order valence-electron chi connectivity index (χ0n) is 15.9. The fraction of sp³-hybridized carbons (Fsp3) is 0.300. The van der Waals surface area contributed by atoms with E-state index in [2.05, 4.69) is 5.32 Å². The molecule has 0 bridgehead atoms. The molecule has 3 N–H and O–H groups in total. The standard InChI is InChI=1S/C20H22N2O5S/c1-11-10-16(13(3)28-11)17(23)8-9-18(24)27-12(2)20(26)22-15-6-4-14(5-7-15)19(21)25/h4-7,10,12H,8-9H2,1-3H3,(H2,21,25)(H,22,26)/t12-/m1/s1. The van der Waals surface area contributed by atoms with Crippen LogP contribution in [0, 0.1) is 13.8 Å². The number of ketones is 1. The molecule has 7 nitrogen and oxygen atoms in total. The summed E-state index contributed by atoms with van der Waals surface area (Å²) in [4.78, 5) is 49.3. The first-order valence-corrected chi connectivity index (χ1v) is 9.49. The molecule has 28 heavy (non-hydrogen) atoms. The normalized spacial score (nSPS) is 11.5. The summed E-state index contributed by atoms with van der Waals surface area (Å²) in [5, 5.41) is 2.58. The maximum Gasteiger partial charge on any atom is 0.307 e. The average Bonchev–Trinajstić information content (AvgIpc) is 2.98. The van der Waals surface area contributed by atoms with Crippen LogP contribution >= 0.6 is 11.3 Å². The number of hydrogen-bond donors (Lipinski definition) is 2. The second kappa shape index (κ2) is 9.27. The summed E-state index contributed by atoms with van der Waals surface area (Å²) in [7, 11) is 0. The number of benzene rings is 1. The molecule has 1 heterocycles. The molecule has 0 saturated heterocycles. The summed E-state index contributed by atoms with van der Waals surface area (Å²) in [5.74, 6) is -1.83. The van der Waals surface area contributed by atoms with Crippen LogP contribution in [0.5, 0.6) is 0 Å². The van der Waals surface area contributed by atoms with Gasteiger partial charge in [-0.25, -0.2) is 0 Å². The summed E-state index contributed by atoms with van der Waals surface area (Å²) in [6.07, 6.45) is -1.10. The van der Waals surface area contributed by atoms with Crippen LogP contribution in [-0.2, 0) is 14.3 Å². The van der Waals surface area contributed by atoms with E-state index in [0.29, 0.717) is 16.8 Å². The number of thiophene rings is 1. The Hall–Kier alpha value is -3.00. The Morgan fingerprint density at radius 2 is 1.75 bits per heavy atom. The zero-order chi connectivity index (χ0) is 20.8. The number of rotatable bonds is 8. The molecule has 1 aromatic heterocycles. The molecule has 0 aliphatic rings. The Bertz CT molecular complexity index is 902. The van der Waals surface area contributed by atoms with Gasteiger partial charge in [0.05, 0.1) is 6.42 Å². The van der Waals surface area contributed by atoms with E-state index < -0.39 is 23.9 Å². The van der Waals surface area contributed by atoms with E-state index in [-0.39, 0.29) is 18.6 Å². The van der Waals surface area contributed by atoms with Crippen LogP contribution in [0.3, 0.4) is 0 Å². The number of anilines is 1. The SMILES string of the molecule is Cc1cc(C(=O)CCC(=O)O[C@H](C)C(=O)Nc2ccc(C(N)=O)cc2)c(C)s1. The van der Waals surface area contributed by atoms with Gasteiger partial charge in [0.25, 0.3) is 5.91 Å². The van der Waals surface area contributed by atoms with Crippen molar-refractivity contribution < 1.29 is 23.9 Å². The molecule has 0 saturated carbocycles. The molecule has 1 aromatic carbocycles. The second-order valence-electron chi connectivity index (χ2n) is 6.31. The van der Waals surface area contributed by atoms with Crippen molar-refractivity contribution in [2.45, 2.75) is 39.7 Å². The third-order valence-corrected chi connectivity index (χ3v) is 4.98. The van der Waals surface area contributed by atoms with Crippen molar-refractivity contribution in [1.82, 2.24) is 0 Å². The minimum atomic E-state index is -1.02. The number of nitrogens with two attached hydrogens (primary N) is 1. The van der Waals surface area contributed by atoms with Crippen molar-refractivity contribution in [2.75, 3.05) is 5.32 Å². The van der Waals surface area contributed by atoms with E-state index in [4.69, 9.17) is 10.5 Å². The van der Waals surface area contributed by atoms with Crippen molar-refractivity contribution in [3.8, 4) is 0 Å². The molecule has 2 amide bonds. The van der Waals surface area contributed by atoms with Crippen LogP contribution in [0.1, 0.15) is 50.2 Å². The highest BCUT2D eigenvalue weighted by Crippen LogP contribution is 2.22. The number of carbonyl (C=O) groups is 4. The lowest BCUT2D eigenvalue weighted by Crippen LogP contribution is -2.30. The van der Waals surface area contributed by atoms with Gasteiger partial charge in [-0.2, -0.15) is 0 Å². The minimum Gasteiger partial charge on any atom is -0.453 e. The van der Waals surface area contributed by atoms with Gasteiger partial charge in [-0.3, -0.25) is 19.2 Å². The van der Waals surface area contributed by atoms with Crippen LogP contribution in [-0.4, -0.2) is 29.7 Å². The Morgan fingerprint density at radius 3 is 2.29 bits per heavy atom. The van der Waals surface area contributed by atoms with Crippen molar-refractivity contribution >= 4 is 40.6 Å². The molecule has 0 radical (unpaired) electrons. The minimum absolute atomic E-state index is 0.0266. The predicted octanol–water partition coefficient (Wildman–Crippen LogP) is 3.00. The van der Waals surface area contributed by atoms with Gasteiger partial charge in [-0.05, 0) is 51.1 Å². The molecule has 0 fully saturated rings. The van der Waals surface area contributed by atoms with Crippen LogP contribution < -0.4 is 11.1 Å². The highest BCUT2D eigenvalue weighted by molar-refractivity contribution is 7.12. The van der Waals surface area contributed by atoms with Crippen molar-refractivity contribution in [3.05, 3.63) is 51.2 Å². The molecule has 0 spiro atoms. The lowest BCUT2D eigenvalue weighted by Gasteiger charge is -2.13. The topological polar surface area (TPSA) is 116 Å². The van der Waals surface area contributed by atoms with Crippen molar-refractivity contribution in [2.24, 2.45) is 5.73 Å². The molecule has 0 aliphatic carbocycles. The molecule has 2 aromatic rings. The number of hydrogen-bond acceptors (Lipinski definition) is 6. The number of aryl methyl sites for hydroxylation is 2. The Labute approximate surface area is 166 Å². The maximum atomic E-state index is 12.2. The van der Waals surface area contributed by atoms with Crippen molar-refractivity contribution in [3.63, 3.8) is 0 Å². The van der Waals surface area contributed by atoms with Gasteiger partial charge in [-0.1, -0.05) is 0 Å². The number of nitrogens with one attached hydrogen (secondary N) is 1. The highest BCUT2D eigenvalue weighted by atomic mass is 32.1. The largest absolute Gasteiger partial charge is 0.453 e. The summed E-state index contributed by atoms with van der Waals surface area (Å²) >= 11 is 1.53. The lowest BCUT2D eigenvalue weighted by molar-refractivity contribution is -0.153. The van der Waals surface area contributed by atoms with Gasteiger partial charge >= 0.3 is 5.97 Å². The first kappa shape index (κ1) is 21.3. The third-order valence-electron chi connectivity index (χ3n) is 4.01. The average molecular weight is 402 g/mol. The van der Waals surface area contributed by atoms with Gasteiger partial charge in [-0.15, -0.1) is 11.3 Å². The van der Waals surface area contributed by atoms with Gasteiger partial charge in [0, 0.05) is 33.0 Å². The molecule has 0 unspecified atom stereocenters. The van der Waals surface area contributed by atoms with E-state index >= 15 is 0 Å². The number of ether oxygens (including phenoxy) is 1. The summed E-state index contributed by atoms with van der Waals surface area (Å²) in [5.41, 5.74) is 6.54. The Kier molecular flexibility index (Phi) is 7.06. The molecule has 148 valence electrons. The number of esters is 1. The van der Waals surface area contributed by atoms with Gasteiger partial charge < -0.3 is 15.8 Å². The van der Waals surface area contributed by atoms with E-state index in [1.807, 2.05) is 19.9 Å². The Morgan fingerprint density at radius 1 is 1.11 bits per heavy atom. The van der Waals surface area contributed by atoms with Gasteiger partial charge in [0.2, 0.25) is 5.91 Å².